The van der Waals surface area contributed by atoms with Gasteiger partial charge >= 0.3 is 23.3 Å². The maximum atomic E-state index is 11.1. The van der Waals surface area contributed by atoms with Crippen LogP contribution in [0, 0.1) is 0 Å². The van der Waals surface area contributed by atoms with Crippen LogP contribution in [0.15, 0.2) is 12.2 Å². The average Bonchev–Trinajstić information content (AvgIpc) is 2.60. The van der Waals surface area contributed by atoms with E-state index in [-0.39, 0.29) is 13.4 Å². The Morgan fingerprint density at radius 1 is 0.967 bits per heavy atom. The Labute approximate surface area is 190 Å². The highest BCUT2D eigenvalue weighted by atomic mass is 28.5. The quantitative estimate of drug-likeness (QED) is 0.208. The van der Waals surface area contributed by atoms with Crippen LogP contribution in [0.25, 0.3) is 0 Å². The van der Waals surface area contributed by atoms with Gasteiger partial charge in [0.05, 0.1) is 6.61 Å². The number of esters is 1. The summed E-state index contributed by atoms with van der Waals surface area (Å²) in [6.45, 7) is 15.7. The lowest BCUT2D eigenvalue weighted by Crippen LogP contribution is -2.51. The van der Waals surface area contributed by atoms with Crippen molar-refractivity contribution in [2.24, 2.45) is 0 Å². The van der Waals surface area contributed by atoms with Gasteiger partial charge in [-0.1, -0.05) is 14.0 Å². The Bertz CT molecular complexity index is 481. The Balaban J connectivity index is 0. The molecule has 1 saturated heterocycles. The molecule has 2 atom stereocenters. The smallest absolute Gasteiger partial charge is 0.462 e. The highest BCUT2D eigenvalue weighted by molar-refractivity contribution is 6.80. The molecular formula is C16H42O9Si5. The highest BCUT2D eigenvalue weighted by Crippen LogP contribution is 2.16. The molecule has 2 unspecified atom stereocenters. The summed E-state index contributed by atoms with van der Waals surface area (Å²) in [4.78, 5) is 11.1. The second-order valence-electron chi connectivity index (χ2n) is 6.93. The van der Waals surface area contributed by atoms with Crippen LogP contribution in [0.2, 0.25) is 38.8 Å². The molecule has 0 saturated carbocycles. The third-order valence-corrected chi connectivity index (χ3v) is 20.0. The molecule has 1 heterocycles. The lowest BCUT2D eigenvalue weighted by Gasteiger charge is -2.34. The molecule has 0 amide bonds. The summed E-state index contributed by atoms with van der Waals surface area (Å²) < 4.78 is 43.8. The fourth-order valence-corrected chi connectivity index (χ4v) is 18.0. The molecule has 0 aromatic heterocycles. The Hall–Kier alpha value is 0.0144. The van der Waals surface area contributed by atoms with Crippen molar-refractivity contribution in [3.05, 3.63) is 12.2 Å². The van der Waals surface area contributed by atoms with Crippen LogP contribution in [0.1, 0.15) is 20.8 Å². The zero-order chi connectivity index (χ0) is 22.7. The van der Waals surface area contributed by atoms with Crippen molar-refractivity contribution in [1.82, 2.24) is 0 Å². The summed E-state index contributed by atoms with van der Waals surface area (Å²) in [6, 6.07) is 0.611. The molecule has 1 aliphatic heterocycles. The minimum absolute atomic E-state index is 0. The van der Waals surface area contributed by atoms with Crippen LogP contribution < -0.4 is 0 Å². The Kier molecular flexibility index (Phi) is 16.9. The summed E-state index contributed by atoms with van der Waals surface area (Å²) in [5.41, 5.74) is 0.397. The maximum absolute atomic E-state index is 11.1. The van der Waals surface area contributed by atoms with Crippen LogP contribution in [0.5, 0.6) is 0 Å². The van der Waals surface area contributed by atoms with E-state index in [1.54, 1.807) is 28.3 Å². The highest BCUT2D eigenvalue weighted by Gasteiger charge is 2.37. The molecule has 0 radical (unpaired) electrons. The fraction of sp³-hybridized carbons (Fsp3) is 0.812. The summed E-state index contributed by atoms with van der Waals surface area (Å²) in [5.74, 6) is -0.375. The molecule has 180 valence electrons. The first-order valence-electron chi connectivity index (χ1n) is 9.55. The summed E-state index contributed by atoms with van der Waals surface area (Å²) in [7, 11) is -4.21. The molecular weight excluding hydrogens is 477 g/mol. The van der Waals surface area contributed by atoms with E-state index in [1.807, 2.05) is 19.6 Å². The largest absolute Gasteiger partial charge is 0.500 e. The number of ether oxygens (including phenoxy) is 1. The fourth-order valence-electron chi connectivity index (χ4n) is 2.59. The maximum Gasteiger partial charge on any atom is 0.500 e. The van der Waals surface area contributed by atoms with Gasteiger partial charge < -0.3 is 34.5 Å². The van der Waals surface area contributed by atoms with Gasteiger partial charge in [0.2, 0.25) is 0 Å². The van der Waals surface area contributed by atoms with Gasteiger partial charge in [-0.15, -0.1) is 0 Å². The third kappa shape index (κ3) is 13.4. The van der Waals surface area contributed by atoms with Gasteiger partial charge in [0.25, 0.3) is 27.9 Å². The average molecular weight is 519 g/mol. The number of hydrogen-bond acceptors (Lipinski definition) is 9. The predicted octanol–water partition coefficient (Wildman–Crippen LogP) is 2.33. The zero-order valence-electron chi connectivity index (χ0n) is 19.2. The van der Waals surface area contributed by atoms with Crippen molar-refractivity contribution in [3.8, 4) is 0 Å². The molecule has 30 heavy (non-hydrogen) atoms. The molecule has 14 heteroatoms. The number of carbonyl (C=O) groups is 1. The first-order valence-corrected chi connectivity index (χ1v) is 20.6. The van der Waals surface area contributed by atoms with E-state index in [1.165, 1.54) is 0 Å². The predicted molar refractivity (Wildman–Crippen MR) is 130 cm³/mol. The van der Waals surface area contributed by atoms with E-state index in [4.69, 9.17) is 34.5 Å². The van der Waals surface area contributed by atoms with Crippen LogP contribution >= 0.6 is 0 Å². The Morgan fingerprint density at radius 2 is 1.40 bits per heavy atom. The van der Waals surface area contributed by atoms with E-state index in [0.717, 1.165) is 0 Å². The lowest BCUT2D eigenvalue weighted by molar-refractivity contribution is -0.139. The van der Waals surface area contributed by atoms with E-state index in [0.29, 0.717) is 24.6 Å². The number of carbonyl (C=O) groups excluding carboxylic acids is 1. The molecule has 1 aliphatic rings. The third-order valence-electron chi connectivity index (χ3n) is 3.81. The van der Waals surface area contributed by atoms with Gasteiger partial charge in [-0.3, -0.25) is 0 Å². The minimum Gasteiger partial charge on any atom is -0.462 e. The van der Waals surface area contributed by atoms with E-state index in [9.17, 15) is 4.79 Å². The second kappa shape index (κ2) is 15.8. The molecule has 0 N–H and O–H groups in total. The van der Waals surface area contributed by atoms with Crippen molar-refractivity contribution in [1.29, 1.82) is 0 Å². The molecule has 1 rings (SSSR count). The minimum atomic E-state index is -2.53. The van der Waals surface area contributed by atoms with Crippen LogP contribution in [0.3, 0.4) is 0 Å². The number of hydrogen-bond donors (Lipinski definition) is 0. The van der Waals surface area contributed by atoms with Crippen LogP contribution in [-0.4, -0.2) is 79.1 Å². The van der Waals surface area contributed by atoms with Crippen molar-refractivity contribution in [2.75, 3.05) is 27.9 Å². The van der Waals surface area contributed by atoms with Crippen LogP contribution in [0.4, 0.5) is 0 Å². The van der Waals surface area contributed by atoms with Gasteiger partial charge in [0.1, 0.15) is 0 Å². The summed E-state index contributed by atoms with van der Waals surface area (Å²) in [6.07, 6.45) is 0.640. The molecule has 9 nitrogen and oxygen atoms in total. The lowest BCUT2D eigenvalue weighted by atomic mass is 10.4. The SMILES string of the molecule is C.C=C(C)C(=O)OCCC[Si](OC)(OC)OC.C[SiH]1O[SiH](C)O[Si](C)(C)O[SiH](C)O1. The van der Waals surface area contributed by atoms with Gasteiger partial charge in [-0.05, 0) is 46.1 Å². The van der Waals surface area contributed by atoms with Crippen molar-refractivity contribution < 1.29 is 39.3 Å². The van der Waals surface area contributed by atoms with E-state index in [2.05, 4.69) is 19.7 Å². The van der Waals surface area contributed by atoms with Crippen molar-refractivity contribution in [3.63, 3.8) is 0 Å². The Morgan fingerprint density at radius 3 is 1.77 bits per heavy atom. The zero-order valence-corrected chi connectivity index (χ0v) is 24.7. The first-order chi connectivity index (χ1) is 13.4. The molecule has 0 aromatic carbocycles. The molecule has 0 bridgehead atoms. The van der Waals surface area contributed by atoms with Gasteiger partial charge in [0, 0.05) is 32.9 Å². The molecule has 1 fully saturated rings. The standard InChI is InChI=1S/C10H20O5Si.C5H18O4Si4.CH4/c1-9(2)10(11)15-7-6-8-16(12-3,13-4)14-5;1-10-6-11(2)8-13(4,5)9-12(3)7-10;/h1,6-8H2,2-5H3;10-12H,1-5H3;1H4. The normalized spacial score (nSPS) is 23.7. The summed E-state index contributed by atoms with van der Waals surface area (Å²) >= 11 is 0. The van der Waals surface area contributed by atoms with E-state index >= 15 is 0 Å². The van der Waals surface area contributed by atoms with Gasteiger partial charge in [-0.25, -0.2) is 4.79 Å². The van der Waals surface area contributed by atoms with E-state index < -0.39 is 45.2 Å². The van der Waals surface area contributed by atoms with Crippen molar-refractivity contribution >= 4 is 51.2 Å². The monoisotopic (exact) mass is 518 g/mol. The van der Waals surface area contributed by atoms with Gasteiger partial charge in [-0.2, -0.15) is 0 Å². The first kappa shape index (κ1) is 32.2. The second-order valence-corrected chi connectivity index (χ2v) is 20.3. The van der Waals surface area contributed by atoms with Crippen LogP contribution in [-0.2, 0) is 39.3 Å². The summed E-state index contributed by atoms with van der Waals surface area (Å²) in [5, 5.41) is 0. The van der Waals surface area contributed by atoms with Gasteiger partial charge in [0.15, 0.2) is 0 Å². The topological polar surface area (TPSA) is 90.9 Å². The molecule has 0 aromatic rings. The van der Waals surface area contributed by atoms with Crippen molar-refractivity contribution in [2.45, 2.75) is 59.6 Å². The molecule has 0 aliphatic carbocycles. The molecule has 0 spiro atoms. The number of rotatable bonds is 8.